The molecule has 0 fully saturated rings. The number of nitriles is 1. The molecular weight excluding hydrogens is 470 g/mol. The van der Waals surface area contributed by atoms with Crippen LogP contribution in [0, 0.1) is 23.2 Å². The van der Waals surface area contributed by atoms with Crippen molar-refractivity contribution in [3.63, 3.8) is 0 Å². The number of carboxylic acids is 1. The molecule has 38 heavy (non-hydrogen) atoms. The van der Waals surface area contributed by atoms with E-state index >= 15 is 0 Å². The fraction of sp³-hybridized carbons (Fsp3) is 0.412. The SMILES string of the molecule is CC(C)Cc1cc(-c2ccc(-c3ccc(CCC(=O)O)cc3CC(C)C)cc2C(C)C)ccc1OCC#N. The Hall–Kier alpha value is -3.58. The van der Waals surface area contributed by atoms with Gasteiger partial charge in [0.05, 0.1) is 0 Å². The highest BCUT2D eigenvalue weighted by Gasteiger charge is 2.16. The second kappa shape index (κ2) is 13.3. The first-order chi connectivity index (χ1) is 18.1. The van der Waals surface area contributed by atoms with E-state index in [9.17, 15) is 4.79 Å². The third-order valence-electron chi connectivity index (χ3n) is 6.70. The third-order valence-corrected chi connectivity index (χ3v) is 6.70. The van der Waals surface area contributed by atoms with Crippen LogP contribution >= 0.6 is 0 Å². The van der Waals surface area contributed by atoms with Crippen LogP contribution in [0.1, 0.15) is 76.1 Å². The first-order valence-electron chi connectivity index (χ1n) is 13.7. The van der Waals surface area contributed by atoms with E-state index in [-0.39, 0.29) is 13.0 Å². The van der Waals surface area contributed by atoms with E-state index in [4.69, 9.17) is 15.1 Å². The van der Waals surface area contributed by atoms with Crippen molar-refractivity contribution < 1.29 is 14.6 Å². The number of aryl methyl sites for hydroxylation is 1. The minimum atomic E-state index is -0.766. The predicted octanol–water partition coefficient (Wildman–Crippen LogP) is 8.46. The van der Waals surface area contributed by atoms with E-state index in [0.29, 0.717) is 24.2 Å². The van der Waals surface area contributed by atoms with Gasteiger partial charge in [0.2, 0.25) is 0 Å². The minimum absolute atomic E-state index is 0.0458. The van der Waals surface area contributed by atoms with Crippen LogP contribution < -0.4 is 4.74 Å². The fourth-order valence-electron chi connectivity index (χ4n) is 5.01. The summed E-state index contributed by atoms with van der Waals surface area (Å²) in [6.45, 7) is 13.3. The highest BCUT2D eigenvalue weighted by atomic mass is 16.5. The van der Waals surface area contributed by atoms with Gasteiger partial charge in [-0.2, -0.15) is 5.26 Å². The van der Waals surface area contributed by atoms with Gasteiger partial charge in [-0.3, -0.25) is 4.79 Å². The van der Waals surface area contributed by atoms with E-state index in [1.54, 1.807) is 0 Å². The molecule has 3 aromatic carbocycles. The maximum absolute atomic E-state index is 11.1. The highest BCUT2D eigenvalue weighted by molar-refractivity contribution is 5.77. The van der Waals surface area contributed by atoms with Gasteiger partial charge < -0.3 is 9.84 Å². The molecule has 0 heterocycles. The Kier molecular flexibility index (Phi) is 10.1. The van der Waals surface area contributed by atoms with Crippen molar-refractivity contribution in [3.05, 3.63) is 76.9 Å². The molecule has 4 nitrogen and oxygen atoms in total. The lowest BCUT2D eigenvalue weighted by molar-refractivity contribution is -0.136. The van der Waals surface area contributed by atoms with Gasteiger partial charge in [0.1, 0.15) is 11.8 Å². The van der Waals surface area contributed by atoms with Crippen molar-refractivity contribution in [1.82, 2.24) is 0 Å². The Balaban J connectivity index is 2.07. The first kappa shape index (κ1) is 29.0. The largest absolute Gasteiger partial charge is 0.481 e. The number of carbonyl (C=O) groups is 1. The van der Waals surface area contributed by atoms with Crippen molar-refractivity contribution in [1.29, 1.82) is 5.26 Å². The summed E-state index contributed by atoms with van der Waals surface area (Å²) in [5.41, 5.74) is 9.53. The van der Waals surface area contributed by atoms with Crippen molar-refractivity contribution in [2.45, 2.75) is 73.1 Å². The van der Waals surface area contributed by atoms with E-state index < -0.39 is 5.97 Å². The maximum atomic E-state index is 11.1. The van der Waals surface area contributed by atoms with Crippen LogP contribution in [-0.4, -0.2) is 17.7 Å². The van der Waals surface area contributed by atoms with Crippen molar-refractivity contribution in [3.8, 4) is 34.1 Å². The van der Waals surface area contributed by atoms with Crippen molar-refractivity contribution in [2.24, 2.45) is 11.8 Å². The van der Waals surface area contributed by atoms with Crippen LogP contribution in [0.2, 0.25) is 0 Å². The Labute approximate surface area is 228 Å². The molecule has 0 bridgehead atoms. The van der Waals surface area contributed by atoms with Gasteiger partial charge in [0.15, 0.2) is 6.61 Å². The van der Waals surface area contributed by atoms with Crippen molar-refractivity contribution in [2.75, 3.05) is 6.61 Å². The summed E-state index contributed by atoms with van der Waals surface area (Å²) in [5.74, 6) is 1.32. The number of benzene rings is 3. The van der Waals surface area contributed by atoms with E-state index in [2.05, 4.69) is 96.1 Å². The van der Waals surface area contributed by atoms with Crippen LogP contribution in [-0.2, 0) is 24.1 Å². The van der Waals surface area contributed by atoms with Crippen LogP contribution in [0.15, 0.2) is 54.6 Å². The zero-order valence-electron chi connectivity index (χ0n) is 23.7. The summed E-state index contributed by atoms with van der Waals surface area (Å²) in [6, 6.07) is 21.6. The van der Waals surface area contributed by atoms with Gasteiger partial charge in [-0.15, -0.1) is 0 Å². The van der Waals surface area contributed by atoms with Crippen molar-refractivity contribution >= 4 is 5.97 Å². The predicted molar refractivity (Wildman–Crippen MR) is 156 cm³/mol. The molecule has 0 saturated carbocycles. The summed E-state index contributed by atoms with van der Waals surface area (Å²) in [7, 11) is 0. The quantitative estimate of drug-likeness (QED) is 0.265. The zero-order valence-corrected chi connectivity index (χ0v) is 23.7. The molecule has 0 radical (unpaired) electrons. The van der Waals surface area contributed by atoms with Gasteiger partial charge in [-0.05, 0) is 93.7 Å². The summed E-state index contributed by atoms with van der Waals surface area (Å²) < 4.78 is 5.72. The molecule has 0 atom stereocenters. The molecule has 4 heteroatoms. The number of aliphatic carboxylic acids is 1. The van der Waals surface area contributed by atoms with E-state index in [1.807, 2.05) is 6.07 Å². The Morgan fingerprint density at radius 2 is 1.47 bits per heavy atom. The fourth-order valence-corrected chi connectivity index (χ4v) is 5.01. The summed E-state index contributed by atoms with van der Waals surface area (Å²) in [6.07, 6.45) is 2.52. The molecule has 0 aromatic heterocycles. The first-order valence-corrected chi connectivity index (χ1v) is 13.7. The molecule has 0 amide bonds. The number of ether oxygens (including phenoxy) is 1. The lowest BCUT2D eigenvalue weighted by Crippen LogP contribution is -2.03. The Morgan fingerprint density at radius 3 is 2.11 bits per heavy atom. The molecule has 0 aliphatic rings. The summed E-state index contributed by atoms with van der Waals surface area (Å²) in [5, 5.41) is 18.1. The average molecular weight is 512 g/mol. The second-order valence-corrected chi connectivity index (χ2v) is 11.3. The molecule has 0 aliphatic heterocycles. The lowest BCUT2D eigenvalue weighted by Gasteiger charge is -2.19. The number of hydrogen-bond acceptors (Lipinski definition) is 3. The van der Waals surface area contributed by atoms with E-state index in [0.717, 1.165) is 35.3 Å². The summed E-state index contributed by atoms with van der Waals surface area (Å²) >= 11 is 0. The van der Waals surface area contributed by atoms with Crippen LogP contribution in [0.25, 0.3) is 22.3 Å². The average Bonchev–Trinajstić information content (AvgIpc) is 2.85. The molecule has 0 aliphatic carbocycles. The van der Waals surface area contributed by atoms with Gasteiger partial charge >= 0.3 is 5.97 Å². The third kappa shape index (κ3) is 7.71. The number of rotatable bonds is 12. The molecule has 3 aromatic rings. The number of nitrogens with zero attached hydrogens (tertiary/aromatic N) is 1. The topological polar surface area (TPSA) is 70.3 Å². The van der Waals surface area contributed by atoms with Gasteiger partial charge in [-0.25, -0.2) is 0 Å². The molecule has 3 rings (SSSR count). The summed E-state index contributed by atoms with van der Waals surface area (Å²) in [4.78, 5) is 11.1. The number of carboxylic acid groups (broad SMARTS) is 1. The smallest absolute Gasteiger partial charge is 0.303 e. The lowest BCUT2D eigenvalue weighted by atomic mass is 9.86. The number of hydrogen-bond donors (Lipinski definition) is 1. The molecule has 0 unspecified atom stereocenters. The Morgan fingerprint density at radius 1 is 0.842 bits per heavy atom. The maximum Gasteiger partial charge on any atom is 0.303 e. The molecular formula is C34H41NO3. The van der Waals surface area contributed by atoms with Gasteiger partial charge in [-0.1, -0.05) is 84.0 Å². The molecule has 0 saturated heterocycles. The normalized spacial score (nSPS) is 11.3. The monoisotopic (exact) mass is 511 g/mol. The van der Waals surface area contributed by atoms with Crippen LogP contribution in [0.3, 0.4) is 0 Å². The molecule has 0 spiro atoms. The van der Waals surface area contributed by atoms with Gasteiger partial charge in [0, 0.05) is 6.42 Å². The van der Waals surface area contributed by atoms with E-state index in [1.165, 1.54) is 27.8 Å². The second-order valence-electron chi connectivity index (χ2n) is 11.3. The van der Waals surface area contributed by atoms with Crippen LogP contribution in [0.4, 0.5) is 0 Å². The highest BCUT2D eigenvalue weighted by Crippen LogP contribution is 2.37. The van der Waals surface area contributed by atoms with Crippen LogP contribution in [0.5, 0.6) is 5.75 Å². The Bertz CT molecular complexity index is 1300. The molecule has 1 N–H and O–H groups in total. The van der Waals surface area contributed by atoms with Gasteiger partial charge in [0.25, 0.3) is 0 Å². The minimum Gasteiger partial charge on any atom is -0.481 e. The molecule has 200 valence electrons. The standard InChI is InChI=1S/C34H41NO3/c1-22(2)17-28-19-25(8-14-34(36)37)7-11-30(28)27-9-12-31(32(21-27)24(5)6)26-10-13-33(38-16-15-35)29(20-26)18-23(3)4/h7,9-13,19-24H,8,14,16-18H2,1-6H3,(H,36,37). The zero-order chi connectivity index (χ0) is 27.8.